The van der Waals surface area contributed by atoms with E-state index in [4.69, 9.17) is 4.74 Å². The van der Waals surface area contributed by atoms with E-state index in [1.807, 2.05) is 6.07 Å². The van der Waals surface area contributed by atoms with Crippen LogP contribution in [0.1, 0.15) is 12.0 Å². The molecule has 3 rings (SSSR count). The molecule has 0 amide bonds. The third-order valence-corrected chi connectivity index (χ3v) is 5.40. The molecule has 5 nitrogen and oxygen atoms in total. The number of H-pyrrole nitrogens is 1. The second-order valence-electron chi connectivity index (χ2n) is 5.83. The molecule has 1 aromatic heterocycles. The number of alkyl halides is 1. The Labute approximate surface area is 144 Å². The molecule has 124 valence electrons. The lowest BCUT2D eigenvalue weighted by Crippen LogP contribution is -2.47. The third kappa shape index (κ3) is 3.87. The Balaban J connectivity index is 1.58. The van der Waals surface area contributed by atoms with E-state index in [-0.39, 0.29) is 10.9 Å². The quantitative estimate of drug-likeness (QED) is 0.652. The first-order valence-electron chi connectivity index (χ1n) is 7.83. The Kier molecular flexibility index (Phi) is 5.23. The molecule has 1 aliphatic rings. The van der Waals surface area contributed by atoms with Crippen LogP contribution in [0.2, 0.25) is 0 Å². The number of likely N-dealkylation sites (tertiary alicyclic amines) is 1. The summed E-state index contributed by atoms with van der Waals surface area (Å²) in [5.74, 6) is 0. The van der Waals surface area contributed by atoms with Crippen molar-refractivity contribution in [1.29, 1.82) is 0 Å². The minimum absolute atomic E-state index is 0.167. The van der Waals surface area contributed by atoms with E-state index >= 15 is 0 Å². The van der Waals surface area contributed by atoms with Crippen LogP contribution in [0.15, 0.2) is 30.5 Å². The van der Waals surface area contributed by atoms with Gasteiger partial charge in [-0.25, -0.2) is 4.79 Å². The predicted octanol–water partition coefficient (Wildman–Crippen LogP) is 3.33. The molecule has 1 saturated heterocycles. The van der Waals surface area contributed by atoms with Gasteiger partial charge in [0.1, 0.15) is 6.10 Å². The Hall–Kier alpha value is -1.53. The van der Waals surface area contributed by atoms with Crippen LogP contribution in [0, 0.1) is 0 Å². The van der Waals surface area contributed by atoms with Gasteiger partial charge in [-0.2, -0.15) is 0 Å². The van der Waals surface area contributed by atoms with Crippen LogP contribution in [-0.4, -0.2) is 53.7 Å². The molecule has 2 atom stereocenters. The first-order valence-corrected chi connectivity index (χ1v) is 8.75. The van der Waals surface area contributed by atoms with E-state index in [0.29, 0.717) is 0 Å². The number of halogens is 1. The Morgan fingerprint density at radius 2 is 2.26 bits per heavy atom. The van der Waals surface area contributed by atoms with Crippen LogP contribution in [0.4, 0.5) is 4.79 Å². The second kappa shape index (κ2) is 7.36. The summed E-state index contributed by atoms with van der Waals surface area (Å²) in [4.78, 5) is 17.2. The van der Waals surface area contributed by atoms with Gasteiger partial charge in [-0.15, -0.1) is 0 Å². The third-order valence-electron chi connectivity index (χ3n) is 4.35. The molecule has 0 radical (unpaired) electrons. The summed E-state index contributed by atoms with van der Waals surface area (Å²) in [6.45, 7) is 2.68. The average Bonchev–Trinajstić information content (AvgIpc) is 2.98. The number of methoxy groups -OCH3 is 1. The van der Waals surface area contributed by atoms with E-state index in [0.717, 1.165) is 32.5 Å². The number of hydrogen-bond acceptors (Lipinski definition) is 4. The van der Waals surface area contributed by atoms with Crippen molar-refractivity contribution in [2.45, 2.75) is 23.8 Å². The maximum atomic E-state index is 11.3. The van der Waals surface area contributed by atoms with E-state index in [9.17, 15) is 4.79 Å². The Morgan fingerprint density at radius 1 is 1.43 bits per heavy atom. The highest BCUT2D eigenvalue weighted by molar-refractivity contribution is 9.09. The Bertz CT molecular complexity index is 673. The lowest BCUT2D eigenvalue weighted by atomic mass is 10.1. The standard InChI is InChI=1S/C17H21BrN2O3/c1-22-17(21)23-16-11-20(9-7-14(16)18)8-6-12-10-19-15-5-3-2-4-13(12)15/h2-5,10,14,16,19H,6-9,11H2,1H3. The number of carbonyl (C=O) groups is 1. The zero-order valence-corrected chi connectivity index (χ0v) is 14.7. The number of aromatic amines is 1. The fourth-order valence-corrected chi connectivity index (χ4v) is 3.53. The minimum atomic E-state index is -0.613. The number of ether oxygens (including phenoxy) is 2. The van der Waals surface area contributed by atoms with Crippen molar-refractivity contribution in [2.75, 3.05) is 26.7 Å². The molecule has 1 N–H and O–H groups in total. The first-order chi connectivity index (χ1) is 11.2. The van der Waals surface area contributed by atoms with Gasteiger partial charge in [-0.1, -0.05) is 34.1 Å². The largest absolute Gasteiger partial charge is 0.508 e. The number of fused-ring (bicyclic) bond motifs is 1. The number of nitrogens with one attached hydrogen (secondary N) is 1. The molecule has 23 heavy (non-hydrogen) atoms. The minimum Gasteiger partial charge on any atom is -0.438 e. The van der Waals surface area contributed by atoms with Gasteiger partial charge in [0.05, 0.1) is 11.9 Å². The molecule has 1 aliphatic heterocycles. The van der Waals surface area contributed by atoms with Gasteiger partial charge < -0.3 is 14.5 Å². The van der Waals surface area contributed by atoms with Crippen LogP contribution < -0.4 is 0 Å². The highest BCUT2D eigenvalue weighted by Gasteiger charge is 2.30. The van der Waals surface area contributed by atoms with Crippen LogP contribution in [-0.2, 0) is 15.9 Å². The van der Waals surface area contributed by atoms with Gasteiger partial charge >= 0.3 is 6.16 Å². The molecule has 0 saturated carbocycles. The van der Waals surface area contributed by atoms with Gasteiger partial charge in [-0.05, 0) is 31.0 Å². The number of piperidine rings is 1. The summed E-state index contributed by atoms with van der Waals surface area (Å²) in [6, 6.07) is 8.35. The zero-order valence-electron chi connectivity index (χ0n) is 13.1. The van der Waals surface area contributed by atoms with Crippen molar-refractivity contribution < 1.29 is 14.3 Å². The lowest BCUT2D eigenvalue weighted by Gasteiger charge is -2.35. The summed E-state index contributed by atoms with van der Waals surface area (Å²) in [5, 5.41) is 1.28. The Morgan fingerprint density at radius 3 is 3.09 bits per heavy atom. The first kappa shape index (κ1) is 16.3. The summed E-state index contributed by atoms with van der Waals surface area (Å²) in [5.41, 5.74) is 2.50. The lowest BCUT2D eigenvalue weighted by molar-refractivity contribution is 0.00839. The molecule has 0 aliphatic carbocycles. The number of aromatic nitrogens is 1. The van der Waals surface area contributed by atoms with Crippen molar-refractivity contribution >= 4 is 33.0 Å². The molecule has 1 fully saturated rings. The smallest absolute Gasteiger partial charge is 0.438 e. The van der Waals surface area contributed by atoms with Crippen molar-refractivity contribution in [3.8, 4) is 0 Å². The molecule has 2 unspecified atom stereocenters. The number of rotatable bonds is 4. The number of benzene rings is 1. The second-order valence-corrected chi connectivity index (χ2v) is 7.00. The number of nitrogens with zero attached hydrogens (tertiary/aromatic N) is 1. The van der Waals surface area contributed by atoms with E-state index in [1.54, 1.807) is 0 Å². The van der Waals surface area contributed by atoms with Gasteiger partial charge in [0.15, 0.2) is 0 Å². The summed E-state index contributed by atoms with van der Waals surface area (Å²) in [6.07, 6.45) is 3.24. The molecule has 0 bridgehead atoms. The topological polar surface area (TPSA) is 54.6 Å². The molecular formula is C17H21BrN2O3. The van der Waals surface area contributed by atoms with E-state index < -0.39 is 6.16 Å². The van der Waals surface area contributed by atoms with Crippen LogP contribution in [0.25, 0.3) is 10.9 Å². The highest BCUT2D eigenvalue weighted by atomic mass is 79.9. The van der Waals surface area contributed by atoms with E-state index in [2.05, 4.69) is 54.9 Å². The molecule has 0 spiro atoms. The summed E-state index contributed by atoms with van der Waals surface area (Å²) in [7, 11) is 1.34. The molecule has 6 heteroatoms. The molecule has 2 aromatic rings. The van der Waals surface area contributed by atoms with E-state index in [1.165, 1.54) is 23.6 Å². The molecule has 2 heterocycles. The van der Waals surface area contributed by atoms with Gasteiger partial charge in [-0.3, -0.25) is 4.90 Å². The van der Waals surface area contributed by atoms with Crippen molar-refractivity contribution in [2.24, 2.45) is 0 Å². The number of carbonyl (C=O) groups excluding carboxylic acids is 1. The van der Waals surface area contributed by atoms with Gasteiger partial charge in [0.2, 0.25) is 0 Å². The predicted molar refractivity (Wildman–Crippen MR) is 93.1 cm³/mol. The average molecular weight is 381 g/mol. The zero-order chi connectivity index (χ0) is 16.2. The van der Waals surface area contributed by atoms with Gasteiger partial charge in [0.25, 0.3) is 0 Å². The molecular weight excluding hydrogens is 360 g/mol. The fraction of sp³-hybridized carbons (Fsp3) is 0.471. The highest BCUT2D eigenvalue weighted by Crippen LogP contribution is 2.23. The maximum Gasteiger partial charge on any atom is 0.508 e. The van der Waals surface area contributed by atoms with Crippen molar-refractivity contribution in [3.63, 3.8) is 0 Å². The van der Waals surface area contributed by atoms with Crippen LogP contribution in [0.3, 0.4) is 0 Å². The van der Waals surface area contributed by atoms with Crippen molar-refractivity contribution in [1.82, 2.24) is 9.88 Å². The van der Waals surface area contributed by atoms with Crippen LogP contribution >= 0.6 is 15.9 Å². The SMILES string of the molecule is COC(=O)OC1CN(CCc2c[nH]c3ccccc23)CCC1Br. The fourth-order valence-electron chi connectivity index (χ4n) is 3.05. The van der Waals surface area contributed by atoms with Crippen molar-refractivity contribution in [3.05, 3.63) is 36.0 Å². The normalized spacial score (nSPS) is 22.2. The monoisotopic (exact) mass is 380 g/mol. The number of hydrogen-bond donors (Lipinski definition) is 1. The van der Waals surface area contributed by atoms with Gasteiger partial charge in [0, 0.05) is 30.2 Å². The summed E-state index contributed by atoms with van der Waals surface area (Å²) >= 11 is 3.60. The number of para-hydroxylation sites is 1. The maximum absolute atomic E-state index is 11.3. The summed E-state index contributed by atoms with van der Waals surface area (Å²) < 4.78 is 9.93. The van der Waals surface area contributed by atoms with Crippen LogP contribution in [0.5, 0.6) is 0 Å². The molecule has 1 aromatic carbocycles.